The molecule has 4 heavy (non-hydrogen) atoms. The number of rotatable bonds is 0. The van der Waals surface area contributed by atoms with Crippen LogP contribution < -0.4 is 0 Å². The summed E-state index contributed by atoms with van der Waals surface area (Å²) in [6.45, 7) is 0. The van der Waals surface area contributed by atoms with Crippen LogP contribution in [0, 0.1) is 0 Å². The normalized spacial score (nSPS) is 4.50. The molecule has 0 aliphatic carbocycles. The Morgan fingerprint density at radius 2 is 1.75 bits per heavy atom. The van der Waals surface area contributed by atoms with E-state index in [9.17, 15) is 4.39 Å². The van der Waals surface area contributed by atoms with Gasteiger partial charge in [0, 0.05) is 0 Å². The van der Waals surface area contributed by atoms with E-state index in [1.165, 1.54) is 0 Å². The van der Waals surface area contributed by atoms with Gasteiger partial charge in [0.2, 0.25) is 0 Å². The molecule has 0 N–H and O–H groups in total. The Morgan fingerprint density at radius 1 is 1.75 bits per heavy atom. The first-order chi connectivity index (χ1) is 1.41. The van der Waals surface area contributed by atoms with Crippen LogP contribution in [0.25, 0.3) is 0 Å². The average molecular weight is 103 g/mol. The van der Waals surface area contributed by atoms with Gasteiger partial charge >= 0.3 is 0 Å². The summed E-state index contributed by atoms with van der Waals surface area (Å²) >= 11 is 3.12. The lowest BCUT2D eigenvalue weighted by atomic mass is 11.8. The Labute approximate surface area is 36.2 Å². The lowest BCUT2D eigenvalue weighted by Crippen LogP contribution is -1.30. The van der Waals surface area contributed by atoms with Crippen molar-refractivity contribution in [2.45, 2.75) is 0 Å². The van der Waals surface area contributed by atoms with Gasteiger partial charge in [0.15, 0.2) is 0 Å². The number of thiol groups is 1. The summed E-state index contributed by atoms with van der Waals surface area (Å²) in [4.78, 5) is 0. The average Bonchev–Trinajstić information content (AvgIpc) is 0.918. The molecule has 0 fully saturated rings. The molecule has 0 rings (SSSR count). The quantitative estimate of drug-likeness (QED) is 0.438. The summed E-state index contributed by atoms with van der Waals surface area (Å²) in [6.07, 6.45) is 0. The zero-order chi connectivity index (χ0) is 2.71. The summed E-state index contributed by atoms with van der Waals surface area (Å²) in [5.74, 6) is 0. The monoisotopic (exact) mass is 102 g/mol. The van der Waals surface area contributed by atoms with Crippen LogP contribution in [0.4, 0.5) is 4.39 Å². The zero-order valence-corrected chi connectivity index (χ0v) is 3.65. The Kier molecular flexibility index (Phi) is 21.1. The molecule has 0 aromatic carbocycles. The van der Waals surface area contributed by atoms with Gasteiger partial charge in [-0.25, -0.2) is 4.39 Å². The molecular weight excluding hydrogens is 98.5 g/mol. The van der Waals surface area contributed by atoms with Crippen LogP contribution in [0.2, 0.25) is 0 Å². The molecule has 0 amide bonds. The first-order valence-electron chi connectivity index (χ1n) is 0.583. The Balaban J connectivity index is 0. The molecule has 0 aromatic rings. The lowest BCUT2D eigenvalue weighted by molar-refractivity contribution is 0.608. The van der Waals surface area contributed by atoms with Crippen molar-refractivity contribution >= 4 is 25.0 Å². The third-order valence-corrected chi connectivity index (χ3v) is 0. The fourth-order valence-electron chi connectivity index (χ4n) is 0. The molecule has 0 unspecified atom stereocenters. The van der Waals surface area contributed by atoms with Gasteiger partial charge in [-0.3, -0.25) is 0 Å². The van der Waals surface area contributed by atoms with E-state index < -0.39 is 6.01 Å². The SMILES string of the molecule is Cl.FCS. The maximum atomic E-state index is 10.2. The van der Waals surface area contributed by atoms with Crippen molar-refractivity contribution in [2.75, 3.05) is 6.01 Å². The summed E-state index contributed by atoms with van der Waals surface area (Å²) in [5.41, 5.74) is 0. The van der Waals surface area contributed by atoms with Crippen molar-refractivity contribution in [2.24, 2.45) is 0 Å². The Morgan fingerprint density at radius 3 is 1.75 bits per heavy atom. The van der Waals surface area contributed by atoms with Gasteiger partial charge in [-0.05, 0) is 0 Å². The van der Waals surface area contributed by atoms with Crippen molar-refractivity contribution < 1.29 is 4.39 Å². The number of halogens is 2. The zero-order valence-electron chi connectivity index (χ0n) is 1.94. The second-order valence-corrected chi connectivity index (χ2v) is 0.359. The van der Waals surface area contributed by atoms with Gasteiger partial charge in [0.05, 0.1) is 0 Å². The largest absolute Gasteiger partial charge is 0.240 e. The van der Waals surface area contributed by atoms with E-state index in [0.29, 0.717) is 0 Å². The fraction of sp³-hybridized carbons (Fsp3) is 1.00. The molecule has 0 atom stereocenters. The van der Waals surface area contributed by atoms with Gasteiger partial charge in [-0.15, -0.1) is 25.0 Å². The minimum atomic E-state index is -0.556. The summed E-state index contributed by atoms with van der Waals surface area (Å²) in [6, 6.07) is -0.556. The molecule has 0 bridgehead atoms. The maximum absolute atomic E-state index is 10.2. The molecule has 0 saturated carbocycles. The Hall–Kier alpha value is 0.570. The Bertz CT molecular complexity index is 8.00. The van der Waals surface area contributed by atoms with E-state index in [2.05, 4.69) is 12.6 Å². The highest BCUT2D eigenvalue weighted by Gasteiger charge is 1.39. The van der Waals surface area contributed by atoms with Crippen LogP contribution in [-0.2, 0) is 0 Å². The van der Waals surface area contributed by atoms with E-state index >= 15 is 0 Å². The van der Waals surface area contributed by atoms with E-state index in [-0.39, 0.29) is 12.4 Å². The summed E-state index contributed by atoms with van der Waals surface area (Å²) in [7, 11) is 0. The fourth-order valence-corrected chi connectivity index (χ4v) is 0. The molecule has 0 heterocycles. The molecule has 0 saturated heterocycles. The van der Waals surface area contributed by atoms with Crippen molar-refractivity contribution in [1.82, 2.24) is 0 Å². The molecule has 28 valence electrons. The third-order valence-electron chi connectivity index (χ3n) is 0. The minimum absolute atomic E-state index is 0. The van der Waals surface area contributed by atoms with E-state index in [4.69, 9.17) is 0 Å². The predicted molar refractivity (Wildman–Crippen MR) is 22.2 cm³/mol. The van der Waals surface area contributed by atoms with E-state index in [1.807, 2.05) is 0 Å². The highest BCUT2D eigenvalue weighted by Crippen LogP contribution is 1.63. The highest BCUT2D eigenvalue weighted by atomic mass is 35.5. The number of alkyl halides is 1. The molecule has 0 nitrogen and oxygen atoms in total. The van der Waals surface area contributed by atoms with Crippen molar-refractivity contribution in [3.05, 3.63) is 0 Å². The summed E-state index contributed by atoms with van der Waals surface area (Å²) in [5, 5.41) is 0. The van der Waals surface area contributed by atoms with Crippen LogP contribution in [0.1, 0.15) is 0 Å². The number of hydrogen-bond donors (Lipinski definition) is 1. The van der Waals surface area contributed by atoms with E-state index in [1.54, 1.807) is 0 Å². The van der Waals surface area contributed by atoms with Gasteiger partial charge in [0.25, 0.3) is 0 Å². The molecule has 0 aliphatic rings. The smallest absolute Gasteiger partial charge is 0.132 e. The van der Waals surface area contributed by atoms with Crippen LogP contribution in [-0.4, -0.2) is 6.01 Å². The van der Waals surface area contributed by atoms with Crippen LogP contribution >= 0.6 is 25.0 Å². The van der Waals surface area contributed by atoms with E-state index in [0.717, 1.165) is 0 Å². The first-order valence-corrected chi connectivity index (χ1v) is 1.22. The molecule has 0 aromatic heterocycles. The summed E-state index contributed by atoms with van der Waals surface area (Å²) < 4.78 is 10.2. The molecule has 0 radical (unpaired) electrons. The van der Waals surface area contributed by atoms with Crippen LogP contribution in [0.3, 0.4) is 0 Å². The van der Waals surface area contributed by atoms with Gasteiger partial charge in [-0.1, -0.05) is 0 Å². The standard InChI is InChI=1S/CH3FS.ClH/c2-1-3;/h3H,1H2;1H. The van der Waals surface area contributed by atoms with Gasteiger partial charge < -0.3 is 0 Å². The molecule has 0 spiro atoms. The lowest BCUT2D eigenvalue weighted by Gasteiger charge is -1.45. The maximum Gasteiger partial charge on any atom is 0.132 e. The van der Waals surface area contributed by atoms with Gasteiger partial charge in [-0.2, -0.15) is 0 Å². The highest BCUT2D eigenvalue weighted by molar-refractivity contribution is 7.80. The minimum Gasteiger partial charge on any atom is -0.240 e. The topological polar surface area (TPSA) is 0 Å². The second kappa shape index (κ2) is 9.57. The van der Waals surface area contributed by atoms with Crippen molar-refractivity contribution in [3.63, 3.8) is 0 Å². The van der Waals surface area contributed by atoms with Crippen molar-refractivity contribution in [1.29, 1.82) is 0 Å². The van der Waals surface area contributed by atoms with Crippen molar-refractivity contribution in [3.8, 4) is 0 Å². The van der Waals surface area contributed by atoms with Crippen LogP contribution in [0.15, 0.2) is 0 Å². The second-order valence-electron chi connectivity index (χ2n) is 0.120. The first kappa shape index (κ1) is 8.82. The molecular formula is CH4ClFS. The predicted octanol–water partition coefficient (Wildman–Crippen LogP) is 1.27. The number of hydrogen-bond acceptors (Lipinski definition) is 1. The van der Waals surface area contributed by atoms with Crippen LogP contribution in [0.5, 0.6) is 0 Å². The molecule has 0 aliphatic heterocycles. The van der Waals surface area contributed by atoms with Gasteiger partial charge in [0.1, 0.15) is 6.01 Å². The third kappa shape index (κ3) is 19.5. The molecule has 3 heteroatoms.